The van der Waals surface area contributed by atoms with Gasteiger partial charge in [-0.2, -0.15) is 0 Å². The number of likely N-dealkylation sites (tertiary alicyclic amines) is 1. The van der Waals surface area contributed by atoms with Crippen molar-refractivity contribution in [2.75, 3.05) is 27.2 Å². The zero-order chi connectivity index (χ0) is 27.5. The van der Waals surface area contributed by atoms with Crippen LogP contribution in [0.5, 0.6) is 11.5 Å². The molecule has 0 aromatic heterocycles. The Morgan fingerprint density at radius 2 is 1.85 bits per heavy atom. The lowest BCUT2D eigenvalue weighted by molar-refractivity contribution is -0.139. The second-order valence-corrected chi connectivity index (χ2v) is 10.5. The summed E-state index contributed by atoms with van der Waals surface area (Å²) in [6.07, 6.45) is 1.47. The standard InChI is InChI=1S/C32H34N2O5/c1-21-17-25-18-24(13-14-27(25)39-21)30(35)28-29(34(32(37)31(28)36)16-8-15-33(2)3)23-11-7-12-26(19-23)38-20-22-9-5-4-6-10-22/h4-7,9-14,18-19,21,29,35H,8,15-17,20H2,1-3H3/t21-,29+/m1/s1. The van der Waals surface area contributed by atoms with Gasteiger partial charge in [-0.3, -0.25) is 9.59 Å². The van der Waals surface area contributed by atoms with Crippen LogP contribution < -0.4 is 9.47 Å². The van der Waals surface area contributed by atoms with E-state index in [2.05, 4.69) is 0 Å². The highest BCUT2D eigenvalue weighted by atomic mass is 16.5. The molecule has 0 saturated carbocycles. The lowest BCUT2D eigenvalue weighted by atomic mass is 9.94. The van der Waals surface area contributed by atoms with Gasteiger partial charge in [0.05, 0.1) is 11.6 Å². The number of carbonyl (C=O) groups is 2. The minimum atomic E-state index is -0.726. The maximum atomic E-state index is 13.4. The molecule has 5 rings (SSSR count). The van der Waals surface area contributed by atoms with E-state index in [0.717, 1.165) is 29.8 Å². The zero-order valence-corrected chi connectivity index (χ0v) is 22.6. The zero-order valence-electron chi connectivity index (χ0n) is 22.6. The smallest absolute Gasteiger partial charge is 0.295 e. The molecule has 1 amide bonds. The maximum absolute atomic E-state index is 13.4. The summed E-state index contributed by atoms with van der Waals surface area (Å²) in [6, 6.07) is 22.0. The van der Waals surface area contributed by atoms with E-state index < -0.39 is 17.7 Å². The van der Waals surface area contributed by atoms with Gasteiger partial charge in [0, 0.05) is 18.5 Å². The van der Waals surface area contributed by atoms with E-state index in [-0.39, 0.29) is 17.4 Å². The van der Waals surface area contributed by atoms with Crippen LogP contribution in [-0.2, 0) is 22.6 Å². The number of ketones is 1. The average molecular weight is 527 g/mol. The molecule has 202 valence electrons. The molecule has 0 spiro atoms. The molecule has 2 heterocycles. The predicted molar refractivity (Wildman–Crippen MR) is 150 cm³/mol. The van der Waals surface area contributed by atoms with Gasteiger partial charge < -0.3 is 24.4 Å². The predicted octanol–water partition coefficient (Wildman–Crippen LogP) is 4.96. The fourth-order valence-electron chi connectivity index (χ4n) is 5.25. The number of amides is 1. The summed E-state index contributed by atoms with van der Waals surface area (Å²) < 4.78 is 11.8. The van der Waals surface area contributed by atoms with Crippen molar-refractivity contribution in [1.29, 1.82) is 0 Å². The third-order valence-electron chi connectivity index (χ3n) is 7.14. The molecule has 0 radical (unpaired) electrons. The molecule has 2 aliphatic heterocycles. The number of Topliss-reactive ketones (excluding diaryl/α,β-unsaturated/α-hetero) is 1. The van der Waals surface area contributed by atoms with E-state index in [1.807, 2.05) is 92.6 Å². The molecule has 7 nitrogen and oxygen atoms in total. The summed E-state index contributed by atoms with van der Waals surface area (Å²) in [5.74, 6) is -0.0505. The molecule has 2 aliphatic rings. The highest BCUT2D eigenvalue weighted by molar-refractivity contribution is 6.46. The summed E-state index contributed by atoms with van der Waals surface area (Å²) >= 11 is 0. The van der Waals surface area contributed by atoms with Crippen LogP contribution in [0.15, 0.2) is 78.4 Å². The van der Waals surface area contributed by atoms with Crippen LogP contribution in [0, 0.1) is 0 Å². The number of nitrogens with zero attached hydrogens (tertiary/aromatic N) is 2. The van der Waals surface area contributed by atoms with Crippen molar-refractivity contribution in [1.82, 2.24) is 9.80 Å². The minimum absolute atomic E-state index is 0.0540. The van der Waals surface area contributed by atoms with Gasteiger partial charge in [0.2, 0.25) is 0 Å². The van der Waals surface area contributed by atoms with Crippen LogP contribution in [-0.4, -0.2) is 59.9 Å². The lowest BCUT2D eigenvalue weighted by Gasteiger charge is -2.26. The Kier molecular flexibility index (Phi) is 7.70. The Balaban J connectivity index is 1.52. The summed E-state index contributed by atoms with van der Waals surface area (Å²) in [5.41, 5.74) is 3.31. The van der Waals surface area contributed by atoms with Crippen LogP contribution in [0.2, 0.25) is 0 Å². The maximum Gasteiger partial charge on any atom is 0.295 e. The summed E-state index contributed by atoms with van der Waals surface area (Å²) in [4.78, 5) is 30.3. The minimum Gasteiger partial charge on any atom is -0.507 e. The van der Waals surface area contributed by atoms with Gasteiger partial charge in [0.25, 0.3) is 11.7 Å². The van der Waals surface area contributed by atoms with Crippen molar-refractivity contribution in [2.45, 2.75) is 38.5 Å². The molecule has 2 atom stereocenters. The lowest BCUT2D eigenvalue weighted by Crippen LogP contribution is -2.32. The number of carbonyl (C=O) groups excluding carboxylic acids is 2. The van der Waals surface area contributed by atoms with E-state index in [4.69, 9.17) is 9.47 Å². The van der Waals surface area contributed by atoms with Gasteiger partial charge in [-0.25, -0.2) is 0 Å². The first-order valence-corrected chi connectivity index (χ1v) is 13.3. The number of aliphatic hydroxyl groups is 1. The van der Waals surface area contributed by atoms with E-state index in [0.29, 0.717) is 36.4 Å². The van der Waals surface area contributed by atoms with Crippen LogP contribution in [0.4, 0.5) is 0 Å². The molecule has 0 aliphatic carbocycles. The second-order valence-electron chi connectivity index (χ2n) is 10.5. The van der Waals surface area contributed by atoms with Gasteiger partial charge in [-0.15, -0.1) is 0 Å². The largest absolute Gasteiger partial charge is 0.507 e. The molecular formula is C32H34N2O5. The quantitative estimate of drug-likeness (QED) is 0.241. The highest BCUT2D eigenvalue weighted by Crippen LogP contribution is 2.41. The molecule has 3 aromatic carbocycles. The van der Waals surface area contributed by atoms with Crippen molar-refractivity contribution >= 4 is 17.4 Å². The molecule has 39 heavy (non-hydrogen) atoms. The van der Waals surface area contributed by atoms with Crippen LogP contribution >= 0.6 is 0 Å². The number of rotatable bonds is 9. The Morgan fingerprint density at radius 1 is 1.05 bits per heavy atom. The molecular weight excluding hydrogens is 492 g/mol. The number of ether oxygens (including phenoxy) is 2. The van der Waals surface area contributed by atoms with Gasteiger partial charge in [0.1, 0.15) is 30.0 Å². The molecule has 1 N–H and O–H groups in total. The fraction of sp³-hybridized carbons (Fsp3) is 0.312. The van der Waals surface area contributed by atoms with E-state index >= 15 is 0 Å². The third-order valence-corrected chi connectivity index (χ3v) is 7.14. The van der Waals surface area contributed by atoms with Crippen LogP contribution in [0.25, 0.3) is 5.76 Å². The number of benzene rings is 3. The molecule has 0 unspecified atom stereocenters. The first kappa shape index (κ1) is 26.5. The number of hydrogen-bond acceptors (Lipinski definition) is 6. The Labute approximate surface area is 229 Å². The van der Waals surface area contributed by atoms with Crippen molar-refractivity contribution in [3.05, 3.63) is 101 Å². The average Bonchev–Trinajstić information content (AvgIpc) is 3.43. The Morgan fingerprint density at radius 3 is 2.62 bits per heavy atom. The SMILES string of the molecule is C[C@@H]1Cc2cc(C(O)=C3C(=O)C(=O)N(CCCN(C)C)[C@H]3c3cccc(OCc4ccccc4)c3)ccc2O1. The number of hydrogen-bond donors (Lipinski definition) is 1. The van der Waals surface area contributed by atoms with Gasteiger partial charge in [-0.1, -0.05) is 42.5 Å². The van der Waals surface area contributed by atoms with Crippen LogP contribution in [0.3, 0.4) is 0 Å². The van der Waals surface area contributed by atoms with Crippen molar-refractivity contribution in [3.8, 4) is 11.5 Å². The van der Waals surface area contributed by atoms with Crippen molar-refractivity contribution in [2.24, 2.45) is 0 Å². The van der Waals surface area contributed by atoms with E-state index in [9.17, 15) is 14.7 Å². The fourth-order valence-corrected chi connectivity index (χ4v) is 5.25. The molecule has 3 aromatic rings. The monoisotopic (exact) mass is 526 g/mol. The summed E-state index contributed by atoms with van der Waals surface area (Å²) in [5, 5.41) is 11.5. The molecule has 1 fully saturated rings. The second kappa shape index (κ2) is 11.3. The highest BCUT2D eigenvalue weighted by Gasteiger charge is 2.46. The number of aliphatic hydroxyl groups excluding tert-OH is 1. The Bertz CT molecular complexity index is 1400. The Hall–Kier alpha value is -4.10. The topological polar surface area (TPSA) is 79.3 Å². The molecule has 1 saturated heterocycles. The molecule has 0 bridgehead atoms. The third kappa shape index (κ3) is 5.68. The van der Waals surface area contributed by atoms with Crippen molar-refractivity contribution < 1.29 is 24.2 Å². The van der Waals surface area contributed by atoms with E-state index in [1.54, 1.807) is 11.0 Å². The van der Waals surface area contributed by atoms with E-state index in [1.165, 1.54) is 0 Å². The van der Waals surface area contributed by atoms with Gasteiger partial charge >= 0.3 is 0 Å². The number of fused-ring (bicyclic) bond motifs is 1. The van der Waals surface area contributed by atoms with Crippen molar-refractivity contribution in [3.63, 3.8) is 0 Å². The summed E-state index contributed by atoms with van der Waals surface area (Å²) in [6.45, 7) is 3.53. The van der Waals surface area contributed by atoms with Gasteiger partial charge in [-0.05, 0) is 81.0 Å². The van der Waals surface area contributed by atoms with Gasteiger partial charge in [0.15, 0.2) is 0 Å². The summed E-state index contributed by atoms with van der Waals surface area (Å²) in [7, 11) is 3.94. The first-order valence-electron chi connectivity index (χ1n) is 13.3. The van der Waals surface area contributed by atoms with Crippen LogP contribution in [0.1, 0.15) is 41.6 Å². The first-order chi connectivity index (χ1) is 18.8. The molecule has 7 heteroatoms. The normalized spacial score (nSPS) is 19.8.